The van der Waals surface area contributed by atoms with E-state index in [1.54, 1.807) is 12.1 Å². The van der Waals surface area contributed by atoms with E-state index in [2.05, 4.69) is 10.5 Å². The molecule has 1 aromatic rings. The van der Waals surface area contributed by atoms with Gasteiger partial charge in [0, 0.05) is 16.6 Å². The van der Waals surface area contributed by atoms with Gasteiger partial charge in [-0.15, -0.1) is 0 Å². The van der Waals surface area contributed by atoms with Crippen molar-refractivity contribution >= 4 is 23.9 Å². The van der Waals surface area contributed by atoms with Gasteiger partial charge in [-0.1, -0.05) is 54.2 Å². The Morgan fingerprint density at radius 1 is 1.32 bits per heavy atom. The van der Waals surface area contributed by atoms with E-state index >= 15 is 0 Å². The summed E-state index contributed by atoms with van der Waals surface area (Å²) in [4.78, 5) is 16.3. The third kappa shape index (κ3) is 4.56. The Balaban J connectivity index is 1.78. The number of carbonyl (C=O) groups is 1. The van der Waals surface area contributed by atoms with Gasteiger partial charge in [0.05, 0.1) is 6.21 Å². The molecule has 1 aliphatic carbocycles. The van der Waals surface area contributed by atoms with Crippen molar-refractivity contribution < 1.29 is 9.63 Å². The predicted octanol–water partition coefficient (Wildman–Crippen LogP) is 3.73. The zero-order chi connectivity index (χ0) is 13.5. The van der Waals surface area contributed by atoms with Gasteiger partial charge in [0.15, 0.2) is 0 Å². The van der Waals surface area contributed by atoms with Crippen LogP contribution in [0.5, 0.6) is 0 Å². The number of oxime groups is 1. The number of rotatable bonds is 3. The molecule has 102 valence electrons. The van der Waals surface area contributed by atoms with Crippen molar-refractivity contribution in [2.75, 3.05) is 0 Å². The lowest BCUT2D eigenvalue weighted by atomic mass is 9.96. The molecule has 0 saturated heterocycles. The molecule has 2 rings (SSSR count). The van der Waals surface area contributed by atoms with E-state index < -0.39 is 6.09 Å². The number of hydrogen-bond donors (Lipinski definition) is 1. The number of benzene rings is 1. The minimum absolute atomic E-state index is 0.219. The lowest BCUT2D eigenvalue weighted by molar-refractivity contribution is 0.144. The van der Waals surface area contributed by atoms with Crippen LogP contribution >= 0.6 is 11.6 Å². The Kier molecular flexibility index (Phi) is 5.21. The lowest BCUT2D eigenvalue weighted by Gasteiger charge is -2.21. The number of nitrogens with zero attached hydrogens (tertiary/aromatic N) is 1. The Hall–Kier alpha value is -1.55. The molecule has 0 heterocycles. The van der Waals surface area contributed by atoms with Crippen LogP contribution in [-0.4, -0.2) is 18.3 Å². The van der Waals surface area contributed by atoms with Crippen LogP contribution in [0, 0.1) is 0 Å². The van der Waals surface area contributed by atoms with Crippen molar-refractivity contribution in [3.63, 3.8) is 0 Å². The molecule has 1 saturated carbocycles. The van der Waals surface area contributed by atoms with Gasteiger partial charge in [0.2, 0.25) is 0 Å². The molecule has 1 N–H and O–H groups in total. The standard InChI is InChI=1S/C14H17ClN2O2/c15-13-9-5-4-6-11(13)10-16-19-14(18)17-12-7-2-1-3-8-12/h4-6,9-10,12H,1-3,7-8H2,(H,17,18)/b16-10+. The Morgan fingerprint density at radius 2 is 2.05 bits per heavy atom. The van der Waals surface area contributed by atoms with Crippen LogP contribution in [0.4, 0.5) is 4.79 Å². The van der Waals surface area contributed by atoms with Crippen LogP contribution in [0.2, 0.25) is 5.02 Å². The van der Waals surface area contributed by atoms with Gasteiger partial charge in [-0.3, -0.25) is 4.84 Å². The highest BCUT2D eigenvalue weighted by molar-refractivity contribution is 6.33. The van der Waals surface area contributed by atoms with E-state index in [4.69, 9.17) is 16.4 Å². The van der Waals surface area contributed by atoms with Crippen LogP contribution in [0.3, 0.4) is 0 Å². The minimum atomic E-state index is -0.504. The second-order valence-corrected chi connectivity index (χ2v) is 5.02. The molecule has 4 nitrogen and oxygen atoms in total. The molecule has 0 unspecified atom stereocenters. The van der Waals surface area contributed by atoms with E-state index in [1.165, 1.54) is 12.6 Å². The predicted molar refractivity (Wildman–Crippen MR) is 75.5 cm³/mol. The molecular weight excluding hydrogens is 264 g/mol. The van der Waals surface area contributed by atoms with Crippen molar-refractivity contribution in [3.8, 4) is 0 Å². The second-order valence-electron chi connectivity index (χ2n) is 4.61. The fourth-order valence-electron chi connectivity index (χ4n) is 2.15. The largest absolute Gasteiger partial charge is 0.433 e. The Morgan fingerprint density at radius 3 is 2.79 bits per heavy atom. The summed E-state index contributed by atoms with van der Waals surface area (Å²) in [6.07, 6.45) is 6.53. The van der Waals surface area contributed by atoms with Gasteiger partial charge < -0.3 is 5.32 Å². The summed E-state index contributed by atoms with van der Waals surface area (Å²) in [7, 11) is 0. The van der Waals surface area contributed by atoms with Crippen LogP contribution in [0.1, 0.15) is 37.7 Å². The maximum absolute atomic E-state index is 11.5. The van der Waals surface area contributed by atoms with E-state index in [1.807, 2.05) is 12.1 Å². The third-order valence-corrected chi connectivity index (χ3v) is 3.50. The number of amides is 1. The fourth-order valence-corrected chi connectivity index (χ4v) is 2.34. The first-order chi connectivity index (χ1) is 9.25. The molecule has 0 atom stereocenters. The number of halogens is 1. The minimum Gasteiger partial charge on any atom is -0.317 e. The summed E-state index contributed by atoms with van der Waals surface area (Å²) in [6, 6.07) is 7.45. The maximum Gasteiger partial charge on any atom is 0.433 e. The third-order valence-electron chi connectivity index (χ3n) is 3.16. The smallest absolute Gasteiger partial charge is 0.317 e. The van der Waals surface area contributed by atoms with Gasteiger partial charge in [0.25, 0.3) is 0 Å². The molecule has 1 fully saturated rings. The second kappa shape index (κ2) is 7.14. The summed E-state index contributed by atoms with van der Waals surface area (Å²) in [6.45, 7) is 0. The van der Waals surface area contributed by atoms with Crippen LogP contribution in [0.25, 0.3) is 0 Å². The van der Waals surface area contributed by atoms with Crippen molar-refractivity contribution in [2.45, 2.75) is 38.1 Å². The van der Waals surface area contributed by atoms with Crippen molar-refractivity contribution in [2.24, 2.45) is 5.16 Å². The SMILES string of the molecule is O=C(NC1CCCCC1)O/N=C/c1ccccc1Cl. The molecule has 0 spiro atoms. The average Bonchev–Trinajstić information content (AvgIpc) is 2.42. The number of nitrogens with one attached hydrogen (secondary N) is 1. The van der Waals surface area contributed by atoms with Gasteiger partial charge in [0.1, 0.15) is 0 Å². The van der Waals surface area contributed by atoms with Crippen molar-refractivity contribution in [3.05, 3.63) is 34.9 Å². The quantitative estimate of drug-likeness (QED) is 0.521. The first kappa shape index (κ1) is 13.9. The normalized spacial score (nSPS) is 16.5. The van der Waals surface area contributed by atoms with Gasteiger partial charge in [-0.05, 0) is 18.9 Å². The lowest BCUT2D eigenvalue weighted by Crippen LogP contribution is -2.35. The van der Waals surface area contributed by atoms with Crippen molar-refractivity contribution in [1.82, 2.24) is 5.32 Å². The van der Waals surface area contributed by atoms with Crippen LogP contribution < -0.4 is 5.32 Å². The molecule has 0 aliphatic heterocycles. The highest BCUT2D eigenvalue weighted by Gasteiger charge is 2.16. The zero-order valence-electron chi connectivity index (χ0n) is 10.6. The Bertz CT molecular complexity index is 457. The maximum atomic E-state index is 11.5. The van der Waals surface area contributed by atoms with Crippen molar-refractivity contribution in [1.29, 1.82) is 0 Å². The van der Waals surface area contributed by atoms with Crippen LogP contribution in [0.15, 0.2) is 29.4 Å². The molecule has 19 heavy (non-hydrogen) atoms. The van der Waals surface area contributed by atoms with E-state index in [9.17, 15) is 4.79 Å². The molecule has 0 radical (unpaired) electrons. The molecule has 0 bridgehead atoms. The molecule has 1 amide bonds. The van der Waals surface area contributed by atoms with Gasteiger partial charge >= 0.3 is 6.09 Å². The molecular formula is C14H17ClN2O2. The fraction of sp³-hybridized carbons (Fsp3) is 0.429. The highest BCUT2D eigenvalue weighted by Crippen LogP contribution is 2.17. The first-order valence-corrected chi connectivity index (χ1v) is 6.89. The summed E-state index contributed by atoms with van der Waals surface area (Å²) < 4.78 is 0. The zero-order valence-corrected chi connectivity index (χ0v) is 11.4. The topological polar surface area (TPSA) is 50.7 Å². The summed E-state index contributed by atoms with van der Waals surface area (Å²) in [5.74, 6) is 0. The summed E-state index contributed by atoms with van der Waals surface area (Å²) in [5, 5.41) is 7.03. The highest BCUT2D eigenvalue weighted by atomic mass is 35.5. The Labute approximate surface area is 117 Å². The van der Waals surface area contributed by atoms with E-state index in [0.29, 0.717) is 5.02 Å². The molecule has 5 heteroatoms. The van der Waals surface area contributed by atoms with E-state index in [0.717, 1.165) is 31.2 Å². The molecule has 0 aromatic heterocycles. The summed E-state index contributed by atoms with van der Waals surface area (Å²) >= 11 is 5.95. The monoisotopic (exact) mass is 280 g/mol. The molecule has 1 aliphatic rings. The molecule has 1 aromatic carbocycles. The van der Waals surface area contributed by atoms with E-state index in [-0.39, 0.29) is 6.04 Å². The number of carbonyl (C=O) groups excluding carboxylic acids is 1. The average molecular weight is 281 g/mol. The first-order valence-electron chi connectivity index (χ1n) is 6.51. The van der Waals surface area contributed by atoms with Crippen LogP contribution in [-0.2, 0) is 4.84 Å². The van der Waals surface area contributed by atoms with Gasteiger partial charge in [-0.2, -0.15) is 0 Å². The number of hydrogen-bond acceptors (Lipinski definition) is 3. The summed E-state index contributed by atoms with van der Waals surface area (Å²) in [5.41, 5.74) is 0.717. The van der Waals surface area contributed by atoms with Gasteiger partial charge in [-0.25, -0.2) is 4.79 Å².